The highest BCUT2D eigenvalue weighted by molar-refractivity contribution is 7.10. The molecule has 1 aliphatic heterocycles. The first-order valence-electron chi connectivity index (χ1n) is 7.53. The molecule has 1 atom stereocenters. The van der Waals surface area contributed by atoms with Gasteiger partial charge in [-0.1, -0.05) is 13.0 Å². The molecule has 0 spiro atoms. The van der Waals surface area contributed by atoms with E-state index in [1.54, 1.807) is 6.07 Å². The predicted octanol–water partition coefficient (Wildman–Crippen LogP) is 4.12. The molecule has 0 saturated heterocycles. The van der Waals surface area contributed by atoms with E-state index < -0.39 is 0 Å². The molecule has 1 aliphatic rings. The van der Waals surface area contributed by atoms with Gasteiger partial charge >= 0.3 is 0 Å². The maximum atomic E-state index is 14.2. The number of benzene rings is 1. The van der Waals surface area contributed by atoms with Gasteiger partial charge in [0.15, 0.2) is 0 Å². The third kappa shape index (κ3) is 2.70. The van der Waals surface area contributed by atoms with E-state index in [1.165, 1.54) is 10.4 Å². The Morgan fingerprint density at radius 2 is 2.24 bits per heavy atom. The molecule has 2 heterocycles. The van der Waals surface area contributed by atoms with Crippen molar-refractivity contribution >= 4 is 17.0 Å². The Labute approximate surface area is 129 Å². The lowest BCUT2D eigenvalue weighted by molar-refractivity contribution is 0.580. The van der Waals surface area contributed by atoms with Gasteiger partial charge in [-0.05, 0) is 49.0 Å². The smallest absolute Gasteiger partial charge is 0.129 e. The van der Waals surface area contributed by atoms with Crippen molar-refractivity contribution in [3.63, 3.8) is 0 Å². The third-order valence-electron chi connectivity index (χ3n) is 4.23. The Morgan fingerprint density at radius 1 is 1.38 bits per heavy atom. The predicted molar refractivity (Wildman–Crippen MR) is 87.6 cm³/mol. The molecule has 0 saturated carbocycles. The van der Waals surface area contributed by atoms with Crippen molar-refractivity contribution in [1.29, 1.82) is 0 Å². The maximum absolute atomic E-state index is 14.2. The van der Waals surface area contributed by atoms with Gasteiger partial charge in [0.25, 0.3) is 0 Å². The van der Waals surface area contributed by atoms with Gasteiger partial charge in [0.2, 0.25) is 0 Å². The van der Waals surface area contributed by atoms with E-state index in [4.69, 9.17) is 0 Å². The first-order valence-corrected chi connectivity index (χ1v) is 8.41. The quantitative estimate of drug-likeness (QED) is 0.914. The molecule has 4 heteroatoms. The molecule has 1 N–H and O–H groups in total. The highest BCUT2D eigenvalue weighted by Gasteiger charge is 2.26. The number of anilines is 1. The Morgan fingerprint density at radius 3 is 3.05 bits per heavy atom. The molecular formula is C17H21FN2S. The minimum atomic E-state index is -0.114. The van der Waals surface area contributed by atoms with Gasteiger partial charge in [-0.15, -0.1) is 11.3 Å². The summed E-state index contributed by atoms with van der Waals surface area (Å²) in [6.07, 6.45) is 1.05. The highest BCUT2D eigenvalue weighted by Crippen LogP contribution is 2.37. The Kier molecular flexibility index (Phi) is 4.27. The third-order valence-corrected chi connectivity index (χ3v) is 5.23. The summed E-state index contributed by atoms with van der Waals surface area (Å²) >= 11 is 1.83. The monoisotopic (exact) mass is 304 g/mol. The fourth-order valence-electron chi connectivity index (χ4n) is 3.08. The molecule has 0 aliphatic carbocycles. The van der Waals surface area contributed by atoms with Crippen LogP contribution in [0.15, 0.2) is 29.6 Å². The van der Waals surface area contributed by atoms with Gasteiger partial charge in [-0.25, -0.2) is 4.39 Å². The van der Waals surface area contributed by atoms with Crippen molar-refractivity contribution in [1.82, 2.24) is 5.32 Å². The Hall–Kier alpha value is -1.39. The topological polar surface area (TPSA) is 15.3 Å². The SMILES string of the molecule is CCNCc1c(F)cccc1N1CCc2sccc2C1C. The molecule has 1 aromatic carbocycles. The number of hydrogen-bond acceptors (Lipinski definition) is 3. The van der Waals surface area contributed by atoms with Crippen LogP contribution in [-0.4, -0.2) is 13.1 Å². The highest BCUT2D eigenvalue weighted by atomic mass is 32.1. The van der Waals surface area contributed by atoms with E-state index in [9.17, 15) is 4.39 Å². The fraction of sp³-hybridized carbons (Fsp3) is 0.412. The number of nitrogens with zero attached hydrogens (tertiary/aromatic N) is 1. The molecule has 112 valence electrons. The summed E-state index contributed by atoms with van der Waals surface area (Å²) in [7, 11) is 0. The fourth-order valence-corrected chi connectivity index (χ4v) is 4.04. The Bertz CT molecular complexity index is 623. The Balaban J connectivity index is 1.96. The number of nitrogens with one attached hydrogen (secondary N) is 1. The van der Waals surface area contributed by atoms with Crippen molar-refractivity contribution in [3.05, 3.63) is 51.5 Å². The summed E-state index contributed by atoms with van der Waals surface area (Å²) in [6, 6.07) is 7.93. The first kappa shape index (κ1) is 14.5. The van der Waals surface area contributed by atoms with E-state index in [0.717, 1.165) is 30.8 Å². The summed E-state index contributed by atoms with van der Waals surface area (Å²) in [4.78, 5) is 3.81. The van der Waals surface area contributed by atoms with Crippen LogP contribution >= 0.6 is 11.3 Å². The molecule has 0 bridgehead atoms. The van der Waals surface area contributed by atoms with E-state index in [2.05, 4.69) is 28.6 Å². The van der Waals surface area contributed by atoms with Crippen molar-refractivity contribution in [3.8, 4) is 0 Å². The van der Waals surface area contributed by atoms with E-state index >= 15 is 0 Å². The van der Waals surface area contributed by atoms with Gasteiger partial charge < -0.3 is 10.2 Å². The van der Waals surface area contributed by atoms with Crippen LogP contribution in [0.4, 0.5) is 10.1 Å². The maximum Gasteiger partial charge on any atom is 0.129 e. The van der Waals surface area contributed by atoms with Gasteiger partial charge in [-0.2, -0.15) is 0 Å². The summed E-state index contributed by atoms with van der Waals surface area (Å²) in [5, 5.41) is 5.41. The second-order valence-electron chi connectivity index (χ2n) is 5.44. The molecule has 2 aromatic rings. The van der Waals surface area contributed by atoms with Crippen molar-refractivity contribution in [2.24, 2.45) is 0 Å². The minimum Gasteiger partial charge on any atom is -0.364 e. The minimum absolute atomic E-state index is 0.114. The molecule has 0 amide bonds. The van der Waals surface area contributed by atoms with E-state index in [0.29, 0.717) is 12.6 Å². The average molecular weight is 304 g/mol. The summed E-state index contributed by atoms with van der Waals surface area (Å²) < 4.78 is 14.2. The number of hydrogen-bond donors (Lipinski definition) is 1. The van der Waals surface area contributed by atoms with Crippen molar-refractivity contribution in [2.45, 2.75) is 32.9 Å². The molecule has 21 heavy (non-hydrogen) atoms. The molecule has 2 nitrogen and oxygen atoms in total. The lowest BCUT2D eigenvalue weighted by Crippen LogP contribution is -2.34. The van der Waals surface area contributed by atoms with Crippen molar-refractivity contribution in [2.75, 3.05) is 18.0 Å². The average Bonchev–Trinajstić information content (AvgIpc) is 2.96. The number of thiophene rings is 1. The van der Waals surface area contributed by atoms with Crippen LogP contribution in [0.3, 0.4) is 0 Å². The lowest BCUT2D eigenvalue weighted by Gasteiger charge is -2.37. The van der Waals surface area contributed by atoms with E-state index in [-0.39, 0.29) is 5.82 Å². The van der Waals surface area contributed by atoms with Crippen LogP contribution in [0.25, 0.3) is 0 Å². The molecule has 1 unspecified atom stereocenters. The summed E-state index contributed by atoms with van der Waals surface area (Å²) in [5.74, 6) is -0.114. The number of rotatable bonds is 4. The normalized spacial score (nSPS) is 17.9. The summed E-state index contributed by atoms with van der Waals surface area (Å²) in [6.45, 7) is 6.64. The van der Waals surface area contributed by atoms with Gasteiger partial charge in [-0.3, -0.25) is 0 Å². The van der Waals surface area contributed by atoms with Crippen molar-refractivity contribution < 1.29 is 4.39 Å². The lowest BCUT2D eigenvalue weighted by atomic mass is 9.99. The van der Waals surface area contributed by atoms with Gasteiger partial charge in [0.05, 0.1) is 6.04 Å². The van der Waals surface area contributed by atoms with Crippen LogP contribution in [0.5, 0.6) is 0 Å². The number of fused-ring (bicyclic) bond motifs is 1. The molecular weight excluding hydrogens is 283 g/mol. The second kappa shape index (κ2) is 6.16. The zero-order valence-electron chi connectivity index (χ0n) is 12.5. The number of halogens is 1. The van der Waals surface area contributed by atoms with E-state index in [1.807, 2.05) is 30.4 Å². The van der Waals surface area contributed by atoms with Gasteiger partial charge in [0, 0.05) is 29.2 Å². The molecule has 3 rings (SSSR count). The standard InChI is InChI=1S/C17H21FN2S/c1-3-19-11-14-15(18)5-4-6-16(14)20-9-7-17-13(12(20)2)8-10-21-17/h4-6,8,10,12,19H,3,7,9,11H2,1-2H3. The first-order chi connectivity index (χ1) is 10.2. The van der Waals surface area contributed by atoms with Crippen LogP contribution in [0.1, 0.15) is 35.9 Å². The van der Waals surface area contributed by atoms with Crippen LogP contribution in [0, 0.1) is 5.82 Å². The van der Waals surface area contributed by atoms with Crippen LogP contribution in [0.2, 0.25) is 0 Å². The van der Waals surface area contributed by atoms with Crippen LogP contribution < -0.4 is 10.2 Å². The van der Waals surface area contributed by atoms with Gasteiger partial charge in [0.1, 0.15) is 5.82 Å². The molecule has 0 fully saturated rings. The summed E-state index contributed by atoms with van der Waals surface area (Å²) in [5.41, 5.74) is 3.20. The molecule has 1 aromatic heterocycles. The van der Waals surface area contributed by atoms with Crippen LogP contribution in [-0.2, 0) is 13.0 Å². The molecule has 0 radical (unpaired) electrons. The largest absolute Gasteiger partial charge is 0.364 e. The second-order valence-corrected chi connectivity index (χ2v) is 6.44. The zero-order chi connectivity index (χ0) is 14.8. The zero-order valence-corrected chi connectivity index (χ0v) is 13.3.